The maximum absolute atomic E-state index is 10.7. The standard InChI is InChI=1S/C11H19NO2/c13-11(14)8-9-5-7-12-6-3-1-2-4-10(9)12/h9-10H,1-8H2,(H,13,14). The molecule has 2 heterocycles. The van der Waals surface area contributed by atoms with Gasteiger partial charge in [0.15, 0.2) is 0 Å². The predicted octanol–water partition coefficient (Wildman–Crippen LogP) is 1.73. The summed E-state index contributed by atoms with van der Waals surface area (Å²) in [5, 5.41) is 8.82. The molecule has 0 radical (unpaired) electrons. The van der Waals surface area contributed by atoms with Crippen LogP contribution in [-0.2, 0) is 4.79 Å². The fourth-order valence-corrected chi connectivity index (χ4v) is 2.99. The van der Waals surface area contributed by atoms with Crippen molar-refractivity contribution in [3.63, 3.8) is 0 Å². The molecule has 2 rings (SSSR count). The lowest BCUT2D eigenvalue weighted by Crippen LogP contribution is -2.32. The van der Waals surface area contributed by atoms with E-state index in [-0.39, 0.29) is 0 Å². The van der Waals surface area contributed by atoms with E-state index in [1.165, 1.54) is 32.2 Å². The molecule has 0 amide bonds. The lowest BCUT2D eigenvalue weighted by atomic mass is 9.93. The Labute approximate surface area is 85.1 Å². The molecular formula is C11H19NO2. The lowest BCUT2D eigenvalue weighted by molar-refractivity contribution is -0.138. The summed E-state index contributed by atoms with van der Waals surface area (Å²) in [6.07, 6.45) is 6.61. The van der Waals surface area contributed by atoms with Gasteiger partial charge in [0, 0.05) is 12.5 Å². The molecule has 2 unspecified atom stereocenters. The minimum atomic E-state index is -0.624. The molecule has 0 saturated carbocycles. The van der Waals surface area contributed by atoms with Crippen LogP contribution in [0.15, 0.2) is 0 Å². The minimum absolute atomic E-state index is 0.376. The summed E-state index contributed by atoms with van der Waals surface area (Å²) in [5.41, 5.74) is 0. The molecule has 14 heavy (non-hydrogen) atoms. The van der Waals surface area contributed by atoms with Gasteiger partial charge in [-0.1, -0.05) is 12.8 Å². The summed E-state index contributed by atoms with van der Waals surface area (Å²) in [5.74, 6) is -0.202. The van der Waals surface area contributed by atoms with Crippen LogP contribution in [0.2, 0.25) is 0 Å². The smallest absolute Gasteiger partial charge is 0.303 e. The van der Waals surface area contributed by atoms with Crippen molar-refractivity contribution in [1.82, 2.24) is 4.90 Å². The molecule has 0 aromatic rings. The summed E-state index contributed by atoms with van der Waals surface area (Å²) in [4.78, 5) is 13.2. The van der Waals surface area contributed by atoms with Gasteiger partial charge in [0.1, 0.15) is 0 Å². The Kier molecular flexibility index (Phi) is 3.06. The lowest BCUT2D eigenvalue weighted by Gasteiger charge is -2.24. The normalized spacial score (nSPS) is 33.7. The molecule has 0 aromatic carbocycles. The number of carbonyl (C=O) groups is 1. The fraction of sp³-hybridized carbons (Fsp3) is 0.909. The molecule has 80 valence electrons. The topological polar surface area (TPSA) is 40.5 Å². The number of carboxylic acids is 1. The number of hydrogen-bond acceptors (Lipinski definition) is 2. The van der Waals surface area contributed by atoms with E-state index in [9.17, 15) is 4.79 Å². The number of carboxylic acid groups (broad SMARTS) is 1. The zero-order valence-corrected chi connectivity index (χ0v) is 8.61. The molecule has 0 bridgehead atoms. The summed E-state index contributed by atoms with van der Waals surface area (Å²) < 4.78 is 0. The maximum Gasteiger partial charge on any atom is 0.303 e. The Morgan fingerprint density at radius 1 is 1.21 bits per heavy atom. The number of rotatable bonds is 2. The zero-order chi connectivity index (χ0) is 9.97. The van der Waals surface area contributed by atoms with Crippen LogP contribution in [0.25, 0.3) is 0 Å². The van der Waals surface area contributed by atoms with E-state index >= 15 is 0 Å². The number of hydrogen-bond donors (Lipinski definition) is 1. The first-order valence-corrected chi connectivity index (χ1v) is 5.73. The number of fused-ring (bicyclic) bond motifs is 1. The molecule has 1 N–H and O–H groups in total. The third-order valence-corrected chi connectivity index (χ3v) is 3.68. The van der Waals surface area contributed by atoms with Gasteiger partial charge in [-0.05, 0) is 38.3 Å². The van der Waals surface area contributed by atoms with Gasteiger partial charge in [-0.3, -0.25) is 4.79 Å². The van der Waals surface area contributed by atoms with E-state index in [0.717, 1.165) is 13.0 Å². The molecule has 2 fully saturated rings. The van der Waals surface area contributed by atoms with Crippen LogP contribution in [0.1, 0.15) is 38.5 Å². The molecule has 2 atom stereocenters. The van der Waals surface area contributed by atoms with Crippen LogP contribution in [-0.4, -0.2) is 35.1 Å². The monoisotopic (exact) mass is 197 g/mol. The highest BCUT2D eigenvalue weighted by Crippen LogP contribution is 2.32. The summed E-state index contributed by atoms with van der Waals surface area (Å²) >= 11 is 0. The molecule has 0 aromatic heterocycles. The molecule has 2 aliphatic rings. The zero-order valence-electron chi connectivity index (χ0n) is 8.61. The quantitative estimate of drug-likeness (QED) is 0.733. The Balaban J connectivity index is 1.96. The maximum atomic E-state index is 10.7. The van der Waals surface area contributed by atoms with E-state index in [0.29, 0.717) is 18.4 Å². The molecule has 0 spiro atoms. The SMILES string of the molecule is O=C(O)CC1CCN2CCCCCC12. The highest BCUT2D eigenvalue weighted by atomic mass is 16.4. The first kappa shape index (κ1) is 9.97. The second-order valence-corrected chi connectivity index (χ2v) is 4.60. The third kappa shape index (κ3) is 2.08. The van der Waals surface area contributed by atoms with Crippen molar-refractivity contribution in [2.75, 3.05) is 13.1 Å². The van der Waals surface area contributed by atoms with Crippen LogP contribution in [0.5, 0.6) is 0 Å². The Morgan fingerprint density at radius 3 is 2.86 bits per heavy atom. The average molecular weight is 197 g/mol. The minimum Gasteiger partial charge on any atom is -0.481 e. The predicted molar refractivity (Wildman–Crippen MR) is 54.2 cm³/mol. The number of aliphatic carboxylic acids is 1. The van der Waals surface area contributed by atoms with Crippen LogP contribution >= 0.6 is 0 Å². The van der Waals surface area contributed by atoms with E-state index in [1.54, 1.807) is 0 Å². The Bertz CT molecular complexity index is 217. The van der Waals surface area contributed by atoms with Gasteiger partial charge in [0.25, 0.3) is 0 Å². The highest BCUT2D eigenvalue weighted by Gasteiger charge is 2.35. The second-order valence-electron chi connectivity index (χ2n) is 4.60. The van der Waals surface area contributed by atoms with Gasteiger partial charge < -0.3 is 10.0 Å². The molecule has 0 aliphatic carbocycles. The first-order chi connectivity index (χ1) is 6.77. The van der Waals surface area contributed by atoms with Crippen molar-refractivity contribution >= 4 is 5.97 Å². The average Bonchev–Trinajstić information content (AvgIpc) is 2.37. The van der Waals surface area contributed by atoms with Crippen LogP contribution in [0.4, 0.5) is 0 Å². The van der Waals surface area contributed by atoms with Crippen LogP contribution in [0, 0.1) is 5.92 Å². The van der Waals surface area contributed by atoms with Gasteiger partial charge in [-0.15, -0.1) is 0 Å². The number of nitrogens with zero attached hydrogens (tertiary/aromatic N) is 1. The molecular weight excluding hydrogens is 178 g/mol. The first-order valence-electron chi connectivity index (χ1n) is 5.73. The van der Waals surface area contributed by atoms with Crippen molar-refractivity contribution in [3.8, 4) is 0 Å². The van der Waals surface area contributed by atoms with Gasteiger partial charge in [-0.25, -0.2) is 0 Å². The molecule has 3 nitrogen and oxygen atoms in total. The highest BCUT2D eigenvalue weighted by molar-refractivity contribution is 5.67. The van der Waals surface area contributed by atoms with Gasteiger partial charge in [0.2, 0.25) is 0 Å². The molecule has 2 saturated heterocycles. The van der Waals surface area contributed by atoms with Crippen molar-refractivity contribution in [1.29, 1.82) is 0 Å². The summed E-state index contributed by atoms with van der Waals surface area (Å²) in [7, 11) is 0. The van der Waals surface area contributed by atoms with Gasteiger partial charge in [0.05, 0.1) is 0 Å². The Hall–Kier alpha value is -0.570. The third-order valence-electron chi connectivity index (χ3n) is 3.68. The van der Waals surface area contributed by atoms with Gasteiger partial charge in [-0.2, -0.15) is 0 Å². The molecule has 3 heteroatoms. The van der Waals surface area contributed by atoms with E-state index in [1.807, 2.05) is 0 Å². The van der Waals surface area contributed by atoms with Crippen LogP contribution < -0.4 is 0 Å². The van der Waals surface area contributed by atoms with Crippen molar-refractivity contribution in [2.45, 2.75) is 44.6 Å². The van der Waals surface area contributed by atoms with E-state index in [2.05, 4.69) is 4.90 Å². The molecule has 2 aliphatic heterocycles. The summed E-state index contributed by atoms with van der Waals surface area (Å²) in [6.45, 7) is 2.32. The van der Waals surface area contributed by atoms with Crippen molar-refractivity contribution in [3.05, 3.63) is 0 Å². The van der Waals surface area contributed by atoms with Crippen LogP contribution in [0.3, 0.4) is 0 Å². The summed E-state index contributed by atoms with van der Waals surface area (Å²) in [6, 6.07) is 0.577. The van der Waals surface area contributed by atoms with Gasteiger partial charge >= 0.3 is 5.97 Å². The van der Waals surface area contributed by atoms with E-state index < -0.39 is 5.97 Å². The second kappa shape index (κ2) is 4.30. The van der Waals surface area contributed by atoms with Crippen molar-refractivity contribution in [2.24, 2.45) is 5.92 Å². The largest absolute Gasteiger partial charge is 0.481 e. The fourth-order valence-electron chi connectivity index (χ4n) is 2.99. The van der Waals surface area contributed by atoms with E-state index in [4.69, 9.17) is 5.11 Å². The van der Waals surface area contributed by atoms with Crippen molar-refractivity contribution < 1.29 is 9.90 Å². The Morgan fingerprint density at radius 2 is 2.07 bits per heavy atom.